The third kappa shape index (κ3) is 3.82. The molecule has 96 valence electrons. The van der Waals surface area contributed by atoms with Crippen LogP contribution in [0.4, 0.5) is 0 Å². The van der Waals surface area contributed by atoms with Crippen molar-refractivity contribution in [2.45, 2.75) is 52.0 Å². The molecule has 2 rings (SSSR count). The van der Waals surface area contributed by atoms with Gasteiger partial charge in [0.15, 0.2) is 0 Å². The molecule has 3 unspecified atom stereocenters. The van der Waals surface area contributed by atoms with Gasteiger partial charge in [-0.05, 0) is 61.9 Å². The molecule has 0 bridgehead atoms. The van der Waals surface area contributed by atoms with E-state index in [1.807, 2.05) is 11.3 Å². The minimum absolute atomic E-state index is 0.758. The molecule has 1 aromatic heterocycles. The Morgan fingerprint density at radius 3 is 3.00 bits per heavy atom. The van der Waals surface area contributed by atoms with Crippen molar-refractivity contribution in [1.29, 1.82) is 0 Å². The molecule has 1 saturated carbocycles. The van der Waals surface area contributed by atoms with E-state index in [4.69, 9.17) is 0 Å². The molecule has 0 aromatic carbocycles. The van der Waals surface area contributed by atoms with E-state index in [0.29, 0.717) is 0 Å². The van der Waals surface area contributed by atoms with Gasteiger partial charge in [0.05, 0.1) is 0 Å². The second-order valence-corrected chi connectivity index (χ2v) is 6.55. The van der Waals surface area contributed by atoms with E-state index in [2.05, 4.69) is 36.7 Å². The van der Waals surface area contributed by atoms with Crippen LogP contribution in [-0.2, 0) is 6.42 Å². The Morgan fingerprint density at radius 2 is 2.29 bits per heavy atom. The normalized spacial score (nSPS) is 29.4. The van der Waals surface area contributed by atoms with Crippen LogP contribution in [0.5, 0.6) is 0 Å². The summed E-state index contributed by atoms with van der Waals surface area (Å²) in [5, 5.41) is 5.96. The summed E-state index contributed by atoms with van der Waals surface area (Å²) in [5.74, 6) is 1.77. The molecule has 0 aliphatic heterocycles. The van der Waals surface area contributed by atoms with Gasteiger partial charge in [-0.15, -0.1) is 11.3 Å². The topological polar surface area (TPSA) is 12.0 Å². The molecule has 1 aromatic rings. The summed E-state index contributed by atoms with van der Waals surface area (Å²) >= 11 is 1.92. The van der Waals surface area contributed by atoms with Gasteiger partial charge >= 0.3 is 0 Å². The van der Waals surface area contributed by atoms with E-state index >= 15 is 0 Å². The molecule has 1 aliphatic carbocycles. The van der Waals surface area contributed by atoms with Crippen LogP contribution in [0.25, 0.3) is 0 Å². The van der Waals surface area contributed by atoms with Crippen LogP contribution in [0.15, 0.2) is 17.5 Å². The number of thiophene rings is 1. The number of hydrogen-bond donors (Lipinski definition) is 1. The number of nitrogens with one attached hydrogen (secondary N) is 1. The highest BCUT2D eigenvalue weighted by Gasteiger charge is 2.28. The molecule has 3 atom stereocenters. The molecule has 0 saturated heterocycles. The van der Waals surface area contributed by atoms with Crippen molar-refractivity contribution in [3.63, 3.8) is 0 Å². The molecule has 17 heavy (non-hydrogen) atoms. The lowest BCUT2D eigenvalue weighted by Crippen LogP contribution is -2.41. The van der Waals surface area contributed by atoms with Crippen molar-refractivity contribution in [1.82, 2.24) is 5.32 Å². The lowest BCUT2D eigenvalue weighted by Gasteiger charge is -2.35. The number of rotatable bonds is 5. The Kier molecular flexibility index (Phi) is 5.05. The third-order valence-corrected chi connectivity index (χ3v) is 4.84. The van der Waals surface area contributed by atoms with Crippen LogP contribution in [0.1, 0.15) is 44.4 Å². The van der Waals surface area contributed by atoms with Crippen LogP contribution in [0.2, 0.25) is 0 Å². The van der Waals surface area contributed by atoms with Crippen molar-refractivity contribution < 1.29 is 0 Å². The zero-order chi connectivity index (χ0) is 12.1. The molecule has 0 spiro atoms. The summed E-state index contributed by atoms with van der Waals surface area (Å²) in [7, 11) is 0. The van der Waals surface area contributed by atoms with Crippen molar-refractivity contribution in [3.8, 4) is 0 Å². The van der Waals surface area contributed by atoms with Crippen molar-refractivity contribution >= 4 is 11.3 Å². The highest BCUT2D eigenvalue weighted by molar-refractivity contribution is 7.09. The maximum atomic E-state index is 3.76. The predicted octanol–water partition coefficient (Wildman–Crippen LogP) is 4.10. The van der Waals surface area contributed by atoms with E-state index < -0.39 is 0 Å². The summed E-state index contributed by atoms with van der Waals surface area (Å²) in [6.45, 7) is 5.85. The molecule has 1 fully saturated rings. The molecular weight excluding hydrogens is 226 g/mol. The Bertz CT molecular complexity index is 305. The predicted molar refractivity (Wildman–Crippen MR) is 76.6 cm³/mol. The molecule has 0 amide bonds. The fourth-order valence-electron chi connectivity index (χ4n) is 3.01. The second-order valence-electron chi connectivity index (χ2n) is 5.52. The van der Waals surface area contributed by atoms with Crippen LogP contribution >= 0.6 is 11.3 Å². The largest absolute Gasteiger partial charge is 0.314 e. The molecule has 1 aliphatic rings. The van der Waals surface area contributed by atoms with Gasteiger partial charge in [-0.1, -0.05) is 19.9 Å². The van der Waals surface area contributed by atoms with Crippen LogP contribution in [0.3, 0.4) is 0 Å². The van der Waals surface area contributed by atoms with Gasteiger partial charge < -0.3 is 5.32 Å². The van der Waals surface area contributed by atoms with Crippen LogP contribution < -0.4 is 5.32 Å². The van der Waals surface area contributed by atoms with Gasteiger partial charge in [-0.2, -0.15) is 0 Å². The lowest BCUT2D eigenvalue weighted by atomic mass is 9.77. The van der Waals surface area contributed by atoms with E-state index in [0.717, 1.165) is 17.9 Å². The van der Waals surface area contributed by atoms with Gasteiger partial charge in [-0.25, -0.2) is 0 Å². The Balaban J connectivity index is 1.93. The van der Waals surface area contributed by atoms with Gasteiger partial charge in [0.25, 0.3) is 0 Å². The molecule has 1 heterocycles. The van der Waals surface area contributed by atoms with Crippen molar-refractivity contribution in [3.05, 3.63) is 22.4 Å². The van der Waals surface area contributed by atoms with Gasteiger partial charge in [-0.3, -0.25) is 0 Å². The molecule has 2 heteroatoms. The second kappa shape index (κ2) is 6.55. The monoisotopic (exact) mass is 251 g/mol. The maximum Gasteiger partial charge on any atom is 0.00989 e. The standard InChI is InChI=1S/C15H25NS/c1-3-8-16-15-7-6-12(2)10-13(15)11-14-5-4-9-17-14/h4-5,9,12-13,15-16H,3,6-8,10-11H2,1-2H3. The zero-order valence-corrected chi connectivity index (χ0v) is 11.9. The summed E-state index contributed by atoms with van der Waals surface area (Å²) in [4.78, 5) is 1.56. The van der Waals surface area contributed by atoms with Gasteiger partial charge in [0, 0.05) is 10.9 Å². The number of hydrogen-bond acceptors (Lipinski definition) is 2. The minimum Gasteiger partial charge on any atom is -0.314 e. The third-order valence-electron chi connectivity index (χ3n) is 3.94. The molecule has 1 N–H and O–H groups in total. The summed E-state index contributed by atoms with van der Waals surface area (Å²) in [5.41, 5.74) is 0. The highest BCUT2D eigenvalue weighted by atomic mass is 32.1. The minimum atomic E-state index is 0.758. The smallest absolute Gasteiger partial charge is 0.00989 e. The van der Waals surface area contributed by atoms with Gasteiger partial charge in [0.1, 0.15) is 0 Å². The maximum absolute atomic E-state index is 3.76. The van der Waals surface area contributed by atoms with E-state index in [9.17, 15) is 0 Å². The highest BCUT2D eigenvalue weighted by Crippen LogP contribution is 2.32. The van der Waals surface area contributed by atoms with Crippen LogP contribution in [-0.4, -0.2) is 12.6 Å². The SMILES string of the molecule is CCCNC1CCC(C)CC1Cc1cccs1. The fourth-order valence-corrected chi connectivity index (χ4v) is 3.81. The lowest BCUT2D eigenvalue weighted by molar-refractivity contribution is 0.213. The van der Waals surface area contributed by atoms with E-state index in [1.54, 1.807) is 4.88 Å². The first-order valence-electron chi connectivity index (χ1n) is 7.05. The average Bonchev–Trinajstić information content (AvgIpc) is 2.81. The Hall–Kier alpha value is -0.340. The molecule has 1 nitrogen and oxygen atoms in total. The fraction of sp³-hybridized carbons (Fsp3) is 0.733. The van der Waals surface area contributed by atoms with E-state index in [1.165, 1.54) is 38.6 Å². The summed E-state index contributed by atoms with van der Waals surface area (Å²) < 4.78 is 0. The average molecular weight is 251 g/mol. The Labute approximate surface area is 110 Å². The molecule has 0 radical (unpaired) electrons. The quantitative estimate of drug-likeness (QED) is 0.831. The van der Waals surface area contributed by atoms with Crippen molar-refractivity contribution in [2.75, 3.05) is 6.54 Å². The Morgan fingerprint density at radius 1 is 1.41 bits per heavy atom. The summed E-state index contributed by atoms with van der Waals surface area (Å²) in [6.07, 6.45) is 6.71. The first kappa shape index (κ1) is 13.1. The zero-order valence-electron chi connectivity index (χ0n) is 11.1. The first-order valence-corrected chi connectivity index (χ1v) is 7.93. The van der Waals surface area contributed by atoms with Crippen molar-refractivity contribution in [2.24, 2.45) is 11.8 Å². The molecular formula is C15H25NS. The first-order chi connectivity index (χ1) is 8.29. The summed E-state index contributed by atoms with van der Waals surface area (Å²) in [6, 6.07) is 5.23. The van der Waals surface area contributed by atoms with Crippen LogP contribution in [0, 0.1) is 11.8 Å². The van der Waals surface area contributed by atoms with E-state index in [-0.39, 0.29) is 0 Å². The van der Waals surface area contributed by atoms with Gasteiger partial charge in [0.2, 0.25) is 0 Å².